The van der Waals surface area contributed by atoms with Crippen molar-refractivity contribution in [3.63, 3.8) is 0 Å². The Morgan fingerprint density at radius 1 is 0.292 bits per heavy atom. The van der Waals surface area contributed by atoms with E-state index in [1.54, 1.807) is 33.4 Å². The van der Waals surface area contributed by atoms with Gasteiger partial charge in [-0.25, -0.2) is 0 Å². The molecule has 6 aromatic carbocycles. The lowest BCUT2D eigenvalue weighted by molar-refractivity contribution is 0.394. The number of anilines is 3. The van der Waals surface area contributed by atoms with Gasteiger partial charge in [0.05, 0.1) is 0 Å². The molecular weight excluding hydrogens is 867 g/mol. The highest BCUT2D eigenvalue weighted by atomic mass is 15.1. The van der Waals surface area contributed by atoms with Crippen LogP contribution in [0, 0.1) is 6.92 Å². The monoisotopic (exact) mass is 960 g/mol. The lowest BCUT2D eigenvalue weighted by Gasteiger charge is -2.35. The summed E-state index contributed by atoms with van der Waals surface area (Å²) in [7, 11) is 0. The van der Waals surface area contributed by atoms with Gasteiger partial charge in [-0.15, -0.1) is 0 Å². The Bertz CT molecular complexity index is 2510. The molecule has 0 unspecified atom stereocenters. The van der Waals surface area contributed by atoms with Crippen molar-refractivity contribution in [1.29, 1.82) is 0 Å². The average Bonchev–Trinajstić information content (AvgIpc) is 3.82. The highest BCUT2D eigenvalue weighted by molar-refractivity contribution is 5.92. The fraction of sp³-hybridized carbons (Fsp3) is 0.493. The minimum absolute atomic E-state index is 0.0423. The fourth-order valence-corrected chi connectivity index (χ4v) is 13.3. The SMILES string of the molecule is CCCCCCCCC1(CCCCCCCC)c2cc(C)ccc2-c2cc3c(cc21)-c1ccc(N(c2ccccc2)c2ccc(-c4ccccc4)cc2)cc1C3(CCCCCCCC)CCCCCCCC. The first-order valence-electron chi connectivity index (χ1n) is 29.9. The first-order chi connectivity index (χ1) is 35.5. The Morgan fingerprint density at radius 2 is 0.639 bits per heavy atom. The Balaban J connectivity index is 1.28. The van der Waals surface area contributed by atoms with Crippen molar-refractivity contribution < 1.29 is 0 Å². The van der Waals surface area contributed by atoms with Crippen molar-refractivity contribution in [3.05, 3.63) is 161 Å². The average molecular weight is 961 g/mol. The van der Waals surface area contributed by atoms with Crippen LogP contribution in [0.15, 0.2) is 133 Å². The van der Waals surface area contributed by atoms with E-state index in [-0.39, 0.29) is 10.8 Å². The second-order valence-electron chi connectivity index (χ2n) is 22.5. The van der Waals surface area contributed by atoms with Crippen LogP contribution in [0.4, 0.5) is 17.1 Å². The number of rotatable bonds is 32. The van der Waals surface area contributed by atoms with Gasteiger partial charge in [0.25, 0.3) is 0 Å². The molecule has 0 heterocycles. The van der Waals surface area contributed by atoms with Gasteiger partial charge in [0.1, 0.15) is 0 Å². The molecule has 0 amide bonds. The summed E-state index contributed by atoms with van der Waals surface area (Å²) in [4.78, 5) is 2.53. The molecule has 0 saturated carbocycles. The molecule has 2 aliphatic rings. The van der Waals surface area contributed by atoms with E-state index in [1.165, 1.54) is 225 Å². The van der Waals surface area contributed by atoms with Crippen molar-refractivity contribution in [2.45, 2.75) is 225 Å². The van der Waals surface area contributed by atoms with E-state index >= 15 is 0 Å². The summed E-state index contributed by atoms with van der Waals surface area (Å²) in [6, 6.07) is 52.3. The van der Waals surface area contributed by atoms with Crippen molar-refractivity contribution in [2.24, 2.45) is 0 Å². The van der Waals surface area contributed by atoms with Gasteiger partial charge in [-0.2, -0.15) is 0 Å². The lowest BCUT2D eigenvalue weighted by Crippen LogP contribution is -2.27. The van der Waals surface area contributed by atoms with E-state index in [2.05, 4.69) is 173 Å². The molecule has 1 nitrogen and oxygen atoms in total. The molecule has 1 heteroatoms. The number of hydrogen-bond donors (Lipinski definition) is 0. The Hall–Kier alpha value is -4.88. The summed E-state index contributed by atoms with van der Waals surface area (Å²) in [6.07, 6.45) is 37.0. The van der Waals surface area contributed by atoms with Crippen LogP contribution in [0.25, 0.3) is 33.4 Å². The van der Waals surface area contributed by atoms with Gasteiger partial charge in [-0.05, 0) is 137 Å². The van der Waals surface area contributed by atoms with Crippen molar-refractivity contribution in [2.75, 3.05) is 4.90 Å². The molecule has 6 aromatic rings. The van der Waals surface area contributed by atoms with Gasteiger partial charge in [0.2, 0.25) is 0 Å². The molecular formula is C71H93N. The maximum Gasteiger partial charge on any atom is 0.0465 e. The highest BCUT2D eigenvalue weighted by Gasteiger charge is 2.48. The van der Waals surface area contributed by atoms with Crippen LogP contribution >= 0.6 is 0 Å². The highest BCUT2D eigenvalue weighted by Crippen LogP contribution is 2.61. The van der Waals surface area contributed by atoms with E-state index in [0.29, 0.717) is 0 Å². The molecule has 0 fully saturated rings. The zero-order valence-corrected chi connectivity index (χ0v) is 45.9. The van der Waals surface area contributed by atoms with Crippen LogP contribution in [0.3, 0.4) is 0 Å². The van der Waals surface area contributed by atoms with E-state index in [1.807, 2.05) is 0 Å². The lowest BCUT2D eigenvalue weighted by atomic mass is 9.68. The molecule has 382 valence electrons. The molecule has 2 aliphatic carbocycles. The normalized spacial score (nSPS) is 13.7. The summed E-state index contributed by atoms with van der Waals surface area (Å²) in [5.41, 5.74) is 20.3. The second kappa shape index (κ2) is 26.9. The number of aryl methyl sites for hydroxylation is 1. The van der Waals surface area contributed by atoms with Crippen molar-refractivity contribution >= 4 is 17.1 Å². The molecule has 0 atom stereocenters. The van der Waals surface area contributed by atoms with Crippen LogP contribution in [0.5, 0.6) is 0 Å². The Morgan fingerprint density at radius 3 is 1.10 bits per heavy atom. The largest absolute Gasteiger partial charge is 0.310 e. The van der Waals surface area contributed by atoms with Crippen molar-refractivity contribution in [1.82, 2.24) is 0 Å². The third kappa shape index (κ3) is 12.4. The standard InChI is InChI=1S/C71H93N/c1-6-10-14-18-22-32-48-70(49-33-23-19-15-11-7-2)66-52-56(5)40-46-62(66)64-54-69-65(55-68(64)70)63-47-45-61(53-67(63)71(69,50-34-24-20-16-12-8-3)51-35-25-21-17-13-9-4)72(59-38-30-27-31-39-59)60-43-41-58(42-44-60)57-36-28-26-29-37-57/h26-31,36-47,52-55H,6-25,32-35,48-51H2,1-5H3. The summed E-state index contributed by atoms with van der Waals surface area (Å²) >= 11 is 0. The first kappa shape index (κ1) is 53.4. The van der Waals surface area contributed by atoms with E-state index in [0.717, 1.165) is 0 Å². The zero-order valence-electron chi connectivity index (χ0n) is 45.9. The zero-order chi connectivity index (χ0) is 50.0. The van der Waals surface area contributed by atoms with Crippen LogP contribution in [-0.2, 0) is 10.8 Å². The van der Waals surface area contributed by atoms with Gasteiger partial charge in [0, 0.05) is 27.9 Å². The fourth-order valence-electron chi connectivity index (χ4n) is 13.3. The second-order valence-corrected chi connectivity index (χ2v) is 22.5. The van der Waals surface area contributed by atoms with Gasteiger partial charge in [-0.3, -0.25) is 0 Å². The Kier molecular flexibility index (Phi) is 19.9. The summed E-state index contributed by atoms with van der Waals surface area (Å²) in [5, 5.41) is 0. The minimum Gasteiger partial charge on any atom is -0.310 e. The van der Waals surface area contributed by atoms with Gasteiger partial charge >= 0.3 is 0 Å². The molecule has 0 N–H and O–H groups in total. The van der Waals surface area contributed by atoms with Crippen LogP contribution in [0.2, 0.25) is 0 Å². The number of fused-ring (bicyclic) bond motifs is 6. The maximum absolute atomic E-state index is 2.83. The van der Waals surface area contributed by atoms with Crippen LogP contribution in [-0.4, -0.2) is 0 Å². The van der Waals surface area contributed by atoms with E-state index in [9.17, 15) is 0 Å². The number of benzene rings is 6. The van der Waals surface area contributed by atoms with Gasteiger partial charge in [-0.1, -0.05) is 272 Å². The van der Waals surface area contributed by atoms with E-state index < -0.39 is 0 Å². The minimum atomic E-state index is -0.0423. The molecule has 0 bridgehead atoms. The predicted molar refractivity (Wildman–Crippen MR) is 316 cm³/mol. The molecule has 8 rings (SSSR count). The van der Waals surface area contributed by atoms with Gasteiger partial charge in [0.15, 0.2) is 0 Å². The molecule has 72 heavy (non-hydrogen) atoms. The van der Waals surface area contributed by atoms with Crippen molar-refractivity contribution in [3.8, 4) is 33.4 Å². The molecule has 0 aromatic heterocycles. The predicted octanol–water partition coefficient (Wildman–Crippen LogP) is 22.7. The Labute approximate surface area is 439 Å². The van der Waals surface area contributed by atoms with E-state index in [4.69, 9.17) is 0 Å². The summed E-state index contributed by atoms with van der Waals surface area (Å²) in [5.74, 6) is 0. The number of hydrogen-bond acceptors (Lipinski definition) is 1. The molecule has 0 aliphatic heterocycles. The number of unbranched alkanes of at least 4 members (excludes halogenated alkanes) is 20. The van der Waals surface area contributed by atoms with Gasteiger partial charge < -0.3 is 4.90 Å². The third-order valence-electron chi connectivity index (χ3n) is 17.3. The van der Waals surface area contributed by atoms with Crippen LogP contribution < -0.4 is 4.90 Å². The third-order valence-corrected chi connectivity index (χ3v) is 17.3. The van der Waals surface area contributed by atoms with Crippen LogP contribution in [0.1, 0.15) is 235 Å². The number of para-hydroxylation sites is 1. The quantitative estimate of drug-likeness (QED) is 0.0381. The topological polar surface area (TPSA) is 3.24 Å². The molecule has 0 saturated heterocycles. The summed E-state index contributed by atoms with van der Waals surface area (Å²) < 4.78 is 0. The number of nitrogens with zero attached hydrogens (tertiary/aromatic N) is 1. The maximum atomic E-state index is 2.83. The summed E-state index contributed by atoms with van der Waals surface area (Å²) in [6.45, 7) is 11.7. The molecule has 0 radical (unpaired) electrons. The smallest absolute Gasteiger partial charge is 0.0465 e. The molecule has 0 spiro atoms. The first-order valence-corrected chi connectivity index (χ1v) is 29.9.